The van der Waals surface area contributed by atoms with Crippen molar-refractivity contribution >= 4 is 5.57 Å². The first kappa shape index (κ1) is 9.72. The normalized spacial score (nSPS) is 11.3. The van der Waals surface area contributed by atoms with E-state index >= 15 is 0 Å². The van der Waals surface area contributed by atoms with Gasteiger partial charge < -0.3 is 0 Å². The Morgan fingerprint density at radius 1 is 1.54 bits per heavy atom. The van der Waals surface area contributed by atoms with Crippen LogP contribution in [0.3, 0.4) is 0 Å². The lowest BCUT2D eigenvalue weighted by Crippen LogP contribution is -1.84. The molecule has 0 aromatic carbocycles. The zero-order chi connectivity index (χ0) is 9.52. The molecule has 0 N–H and O–H groups in total. The molecular weight excluding hydrogens is 158 g/mol. The first-order valence-corrected chi connectivity index (χ1v) is 4.62. The number of unbranched alkanes of at least 4 members (excludes halogenated alkanes) is 1. The summed E-state index contributed by atoms with van der Waals surface area (Å²) in [4.78, 5) is 4.26. The van der Waals surface area contributed by atoms with Crippen LogP contribution in [-0.4, -0.2) is 4.98 Å². The minimum atomic E-state index is 1.01. The topological polar surface area (TPSA) is 12.9 Å². The third-order valence-corrected chi connectivity index (χ3v) is 1.83. The number of nitrogens with zero attached hydrogens (tertiary/aromatic N) is 1. The molecule has 68 valence electrons. The molecule has 0 saturated carbocycles. The number of hydrogen-bond acceptors (Lipinski definition) is 1. The van der Waals surface area contributed by atoms with Gasteiger partial charge in [-0.2, -0.15) is 0 Å². The highest BCUT2D eigenvalue weighted by Crippen LogP contribution is 2.13. The maximum atomic E-state index is 4.26. The van der Waals surface area contributed by atoms with Gasteiger partial charge in [0.2, 0.25) is 0 Å². The fraction of sp³-hybridized carbons (Fsp3) is 0.250. The smallest absolute Gasteiger partial charge is 0.0698 e. The standard InChI is InChI=1S/C12H15N/c1-3-5-8-11(4-2)12-9-6-7-10-13-12/h4,6-10H,2-3,5H2,1H3. The lowest BCUT2D eigenvalue weighted by Gasteiger charge is -1.99. The van der Waals surface area contributed by atoms with Crippen molar-refractivity contribution in [3.05, 3.63) is 48.8 Å². The summed E-state index contributed by atoms with van der Waals surface area (Å²) in [6.45, 7) is 5.94. The van der Waals surface area contributed by atoms with Crippen molar-refractivity contribution in [3.63, 3.8) is 0 Å². The van der Waals surface area contributed by atoms with Gasteiger partial charge in [-0.3, -0.25) is 4.98 Å². The van der Waals surface area contributed by atoms with E-state index in [0.29, 0.717) is 0 Å². The van der Waals surface area contributed by atoms with E-state index in [1.807, 2.05) is 24.3 Å². The number of rotatable bonds is 4. The first-order chi connectivity index (χ1) is 6.38. The maximum Gasteiger partial charge on any atom is 0.0698 e. The van der Waals surface area contributed by atoms with Crippen molar-refractivity contribution in [1.82, 2.24) is 4.98 Å². The van der Waals surface area contributed by atoms with Gasteiger partial charge in [0.05, 0.1) is 5.69 Å². The number of hydrogen-bond donors (Lipinski definition) is 0. The van der Waals surface area contributed by atoms with Crippen LogP contribution in [-0.2, 0) is 0 Å². The highest BCUT2D eigenvalue weighted by Gasteiger charge is 1.95. The highest BCUT2D eigenvalue weighted by molar-refractivity contribution is 5.70. The van der Waals surface area contributed by atoms with E-state index in [1.165, 1.54) is 0 Å². The second-order valence-corrected chi connectivity index (χ2v) is 2.87. The molecule has 0 spiro atoms. The van der Waals surface area contributed by atoms with E-state index in [-0.39, 0.29) is 0 Å². The van der Waals surface area contributed by atoms with Crippen molar-refractivity contribution in [2.24, 2.45) is 0 Å². The molecule has 0 bridgehead atoms. The molecule has 0 fully saturated rings. The van der Waals surface area contributed by atoms with E-state index in [2.05, 4.69) is 24.6 Å². The second-order valence-electron chi connectivity index (χ2n) is 2.87. The molecule has 0 amide bonds. The second kappa shape index (κ2) is 5.31. The Hall–Kier alpha value is -1.37. The van der Waals surface area contributed by atoms with Gasteiger partial charge in [0.25, 0.3) is 0 Å². The average Bonchev–Trinajstić information content (AvgIpc) is 2.21. The zero-order valence-corrected chi connectivity index (χ0v) is 8.03. The van der Waals surface area contributed by atoms with Gasteiger partial charge in [-0.25, -0.2) is 0 Å². The van der Waals surface area contributed by atoms with Crippen molar-refractivity contribution in [1.29, 1.82) is 0 Å². The Balaban J connectivity index is 2.84. The molecule has 1 heteroatoms. The quantitative estimate of drug-likeness (QED) is 0.635. The monoisotopic (exact) mass is 173 g/mol. The van der Waals surface area contributed by atoms with Crippen LogP contribution in [0.1, 0.15) is 25.5 Å². The molecule has 0 aliphatic heterocycles. The molecule has 1 rings (SSSR count). The summed E-state index contributed by atoms with van der Waals surface area (Å²) in [5, 5.41) is 0. The fourth-order valence-electron chi connectivity index (χ4n) is 1.13. The van der Waals surface area contributed by atoms with Gasteiger partial charge in [0, 0.05) is 6.20 Å². The Labute approximate surface area is 79.8 Å². The molecule has 0 unspecified atom stereocenters. The van der Waals surface area contributed by atoms with Gasteiger partial charge in [-0.05, 0) is 24.1 Å². The van der Waals surface area contributed by atoms with Crippen molar-refractivity contribution in [2.45, 2.75) is 19.8 Å². The van der Waals surface area contributed by atoms with Gasteiger partial charge in [-0.1, -0.05) is 38.1 Å². The third-order valence-electron chi connectivity index (χ3n) is 1.83. The molecule has 0 aliphatic rings. The minimum absolute atomic E-state index is 1.01. The van der Waals surface area contributed by atoms with Crippen LogP contribution in [0.25, 0.3) is 5.57 Å². The molecule has 1 aromatic rings. The summed E-state index contributed by atoms with van der Waals surface area (Å²) in [5.74, 6) is 0. The molecule has 1 aromatic heterocycles. The van der Waals surface area contributed by atoms with Crippen LogP contribution >= 0.6 is 0 Å². The van der Waals surface area contributed by atoms with E-state index < -0.39 is 0 Å². The van der Waals surface area contributed by atoms with Crippen LogP contribution in [0.2, 0.25) is 0 Å². The lowest BCUT2D eigenvalue weighted by atomic mass is 10.1. The minimum Gasteiger partial charge on any atom is -0.256 e. The number of aromatic nitrogens is 1. The van der Waals surface area contributed by atoms with Crippen LogP contribution in [0, 0.1) is 0 Å². The van der Waals surface area contributed by atoms with Crippen LogP contribution in [0.4, 0.5) is 0 Å². The molecule has 1 nitrogen and oxygen atoms in total. The summed E-state index contributed by atoms with van der Waals surface area (Å²) in [6.07, 6.45) is 8.08. The van der Waals surface area contributed by atoms with Crippen molar-refractivity contribution in [3.8, 4) is 0 Å². The molecule has 0 saturated heterocycles. The van der Waals surface area contributed by atoms with E-state index in [4.69, 9.17) is 0 Å². The third kappa shape index (κ3) is 2.86. The summed E-state index contributed by atoms with van der Waals surface area (Å²) < 4.78 is 0. The van der Waals surface area contributed by atoms with Gasteiger partial charge in [0.1, 0.15) is 0 Å². The Kier molecular flexibility index (Phi) is 3.97. The van der Waals surface area contributed by atoms with Crippen LogP contribution in [0.15, 0.2) is 43.1 Å². The molecular formula is C12H15N. The Bertz CT molecular complexity index is 285. The summed E-state index contributed by atoms with van der Waals surface area (Å²) >= 11 is 0. The Morgan fingerprint density at radius 2 is 2.38 bits per heavy atom. The first-order valence-electron chi connectivity index (χ1n) is 4.62. The summed E-state index contributed by atoms with van der Waals surface area (Å²) in [7, 11) is 0. The van der Waals surface area contributed by atoms with E-state index in [0.717, 1.165) is 24.1 Å². The van der Waals surface area contributed by atoms with E-state index in [9.17, 15) is 0 Å². The van der Waals surface area contributed by atoms with E-state index in [1.54, 1.807) is 6.20 Å². The van der Waals surface area contributed by atoms with Crippen molar-refractivity contribution in [2.75, 3.05) is 0 Å². The molecule has 0 atom stereocenters. The largest absolute Gasteiger partial charge is 0.256 e. The van der Waals surface area contributed by atoms with Crippen LogP contribution < -0.4 is 0 Å². The SMILES string of the molecule is C=CC(=CCCC)c1ccccn1. The van der Waals surface area contributed by atoms with Crippen LogP contribution in [0.5, 0.6) is 0 Å². The molecule has 1 heterocycles. The zero-order valence-electron chi connectivity index (χ0n) is 8.03. The fourth-order valence-corrected chi connectivity index (χ4v) is 1.13. The van der Waals surface area contributed by atoms with Gasteiger partial charge in [-0.15, -0.1) is 0 Å². The lowest BCUT2D eigenvalue weighted by molar-refractivity contribution is 0.959. The highest BCUT2D eigenvalue weighted by atomic mass is 14.7. The summed E-state index contributed by atoms with van der Waals surface area (Å²) in [6, 6.07) is 5.92. The number of pyridine rings is 1. The number of allylic oxidation sites excluding steroid dienone is 3. The Morgan fingerprint density at radius 3 is 2.92 bits per heavy atom. The predicted molar refractivity (Wildman–Crippen MR) is 57.3 cm³/mol. The molecule has 0 aliphatic carbocycles. The molecule has 13 heavy (non-hydrogen) atoms. The van der Waals surface area contributed by atoms with Gasteiger partial charge in [0.15, 0.2) is 0 Å². The summed E-state index contributed by atoms with van der Waals surface area (Å²) in [5.41, 5.74) is 2.13. The molecule has 0 radical (unpaired) electrons. The maximum absolute atomic E-state index is 4.26. The average molecular weight is 173 g/mol. The van der Waals surface area contributed by atoms with Gasteiger partial charge >= 0.3 is 0 Å². The van der Waals surface area contributed by atoms with Crippen molar-refractivity contribution < 1.29 is 0 Å². The predicted octanol–water partition coefficient (Wildman–Crippen LogP) is 3.45.